The van der Waals surface area contributed by atoms with Crippen molar-refractivity contribution in [3.05, 3.63) is 53.7 Å². The minimum atomic E-state index is 0.304. The number of pyridine rings is 1. The molecule has 2 rings (SSSR count). The van der Waals surface area contributed by atoms with Crippen molar-refractivity contribution in [3.8, 4) is 11.6 Å². The SMILES string of the molecule is CCNC(C)c1ccc(OCc2ccc(OC)cc2)nc1. The zero-order chi connectivity index (χ0) is 15.1. The van der Waals surface area contributed by atoms with Crippen LogP contribution in [0.3, 0.4) is 0 Å². The summed E-state index contributed by atoms with van der Waals surface area (Å²) in [5.74, 6) is 1.48. The van der Waals surface area contributed by atoms with Crippen molar-refractivity contribution in [2.75, 3.05) is 13.7 Å². The third-order valence-electron chi connectivity index (χ3n) is 3.32. The monoisotopic (exact) mass is 286 g/mol. The molecular formula is C17H22N2O2. The van der Waals surface area contributed by atoms with Gasteiger partial charge < -0.3 is 14.8 Å². The lowest BCUT2D eigenvalue weighted by atomic mass is 10.1. The summed E-state index contributed by atoms with van der Waals surface area (Å²) in [7, 11) is 1.66. The van der Waals surface area contributed by atoms with Gasteiger partial charge in [-0.15, -0.1) is 0 Å². The first-order valence-electron chi connectivity index (χ1n) is 7.18. The molecule has 0 aliphatic heterocycles. The summed E-state index contributed by atoms with van der Waals surface area (Å²) < 4.78 is 10.8. The van der Waals surface area contributed by atoms with Crippen LogP contribution in [0.5, 0.6) is 11.6 Å². The first-order chi connectivity index (χ1) is 10.2. The van der Waals surface area contributed by atoms with E-state index < -0.39 is 0 Å². The maximum absolute atomic E-state index is 5.69. The summed E-state index contributed by atoms with van der Waals surface area (Å²) in [4.78, 5) is 4.34. The summed E-state index contributed by atoms with van der Waals surface area (Å²) >= 11 is 0. The molecule has 1 atom stereocenters. The van der Waals surface area contributed by atoms with E-state index in [0.29, 0.717) is 18.5 Å². The molecule has 4 nitrogen and oxygen atoms in total. The second-order valence-electron chi connectivity index (χ2n) is 4.85. The maximum atomic E-state index is 5.69. The fraction of sp³-hybridized carbons (Fsp3) is 0.353. The van der Waals surface area contributed by atoms with Crippen LogP contribution >= 0.6 is 0 Å². The van der Waals surface area contributed by atoms with E-state index in [9.17, 15) is 0 Å². The van der Waals surface area contributed by atoms with E-state index >= 15 is 0 Å². The van der Waals surface area contributed by atoms with Gasteiger partial charge in [0, 0.05) is 18.3 Å². The number of ether oxygens (including phenoxy) is 2. The fourth-order valence-electron chi connectivity index (χ4n) is 2.04. The molecular weight excluding hydrogens is 264 g/mol. The third kappa shape index (κ3) is 4.46. The molecule has 0 radical (unpaired) electrons. The molecule has 0 aliphatic carbocycles. The van der Waals surface area contributed by atoms with Crippen LogP contribution in [0.4, 0.5) is 0 Å². The minimum Gasteiger partial charge on any atom is -0.497 e. The molecule has 112 valence electrons. The van der Waals surface area contributed by atoms with Gasteiger partial charge in [0.1, 0.15) is 12.4 Å². The molecule has 21 heavy (non-hydrogen) atoms. The predicted molar refractivity (Wildman–Crippen MR) is 83.7 cm³/mol. The number of methoxy groups -OCH3 is 1. The molecule has 1 aromatic heterocycles. The Morgan fingerprint density at radius 3 is 2.48 bits per heavy atom. The molecule has 0 amide bonds. The van der Waals surface area contributed by atoms with Crippen molar-refractivity contribution in [1.29, 1.82) is 0 Å². The third-order valence-corrected chi connectivity index (χ3v) is 3.32. The van der Waals surface area contributed by atoms with Crippen LogP contribution < -0.4 is 14.8 Å². The highest BCUT2D eigenvalue weighted by Gasteiger charge is 2.04. The predicted octanol–water partition coefficient (Wildman–Crippen LogP) is 3.34. The van der Waals surface area contributed by atoms with Crippen LogP contribution in [0.15, 0.2) is 42.6 Å². The molecule has 2 aromatic rings. The van der Waals surface area contributed by atoms with Crippen molar-refractivity contribution in [2.45, 2.75) is 26.5 Å². The molecule has 0 bridgehead atoms. The number of hydrogen-bond donors (Lipinski definition) is 1. The largest absolute Gasteiger partial charge is 0.497 e. The molecule has 0 saturated heterocycles. The Balaban J connectivity index is 1.90. The van der Waals surface area contributed by atoms with Gasteiger partial charge in [-0.1, -0.05) is 25.1 Å². The highest BCUT2D eigenvalue weighted by molar-refractivity contribution is 5.27. The van der Waals surface area contributed by atoms with Crippen LogP contribution in [0.1, 0.15) is 31.0 Å². The van der Waals surface area contributed by atoms with E-state index in [2.05, 4.69) is 24.1 Å². The van der Waals surface area contributed by atoms with Gasteiger partial charge in [0.15, 0.2) is 0 Å². The van der Waals surface area contributed by atoms with Crippen molar-refractivity contribution in [3.63, 3.8) is 0 Å². The normalized spacial score (nSPS) is 12.0. The van der Waals surface area contributed by atoms with Gasteiger partial charge in [-0.25, -0.2) is 4.98 Å². The highest BCUT2D eigenvalue weighted by Crippen LogP contribution is 2.16. The lowest BCUT2D eigenvalue weighted by Crippen LogP contribution is -2.17. The van der Waals surface area contributed by atoms with Crippen LogP contribution in [-0.2, 0) is 6.61 Å². The van der Waals surface area contributed by atoms with E-state index in [0.717, 1.165) is 23.4 Å². The average molecular weight is 286 g/mol. The van der Waals surface area contributed by atoms with Gasteiger partial charge in [-0.2, -0.15) is 0 Å². The van der Waals surface area contributed by atoms with Crippen molar-refractivity contribution < 1.29 is 9.47 Å². The molecule has 1 aromatic carbocycles. The van der Waals surface area contributed by atoms with E-state index in [1.807, 2.05) is 42.6 Å². The Labute approximate surface area is 126 Å². The molecule has 0 fully saturated rings. The fourth-order valence-corrected chi connectivity index (χ4v) is 2.04. The quantitative estimate of drug-likeness (QED) is 0.847. The topological polar surface area (TPSA) is 43.4 Å². The zero-order valence-electron chi connectivity index (χ0n) is 12.8. The van der Waals surface area contributed by atoms with Crippen molar-refractivity contribution in [2.24, 2.45) is 0 Å². The van der Waals surface area contributed by atoms with Gasteiger partial charge in [0.05, 0.1) is 7.11 Å². The van der Waals surface area contributed by atoms with Gasteiger partial charge in [0.2, 0.25) is 5.88 Å². The van der Waals surface area contributed by atoms with Crippen LogP contribution in [0.25, 0.3) is 0 Å². The van der Waals surface area contributed by atoms with E-state index in [1.165, 1.54) is 0 Å². The van der Waals surface area contributed by atoms with Gasteiger partial charge in [-0.3, -0.25) is 0 Å². The number of aromatic nitrogens is 1. The molecule has 1 heterocycles. The van der Waals surface area contributed by atoms with E-state index in [1.54, 1.807) is 7.11 Å². The molecule has 1 N–H and O–H groups in total. The second-order valence-corrected chi connectivity index (χ2v) is 4.85. The maximum Gasteiger partial charge on any atom is 0.213 e. The van der Waals surface area contributed by atoms with Crippen LogP contribution in [0, 0.1) is 0 Å². The minimum absolute atomic E-state index is 0.304. The van der Waals surface area contributed by atoms with E-state index in [-0.39, 0.29) is 0 Å². The van der Waals surface area contributed by atoms with Crippen molar-refractivity contribution >= 4 is 0 Å². The molecule has 1 unspecified atom stereocenters. The lowest BCUT2D eigenvalue weighted by Gasteiger charge is -2.12. The summed E-state index contributed by atoms with van der Waals surface area (Å²) in [6.45, 7) is 5.66. The summed E-state index contributed by atoms with van der Waals surface area (Å²) in [5, 5.41) is 3.36. The first kappa shape index (κ1) is 15.3. The Morgan fingerprint density at radius 2 is 1.90 bits per heavy atom. The van der Waals surface area contributed by atoms with Crippen molar-refractivity contribution in [1.82, 2.24) is 10.3 Å². The Kier molecular flexibility index (Phi) is 5.58. The van der Waals surface area contributed by atoms with E-state index in [4.69, 9.17) is 9.47 Å². The van der Waals surface area contributed by atoms with Gasteiger partial charge in [-0.05, 0) is 36.7 Å². The highest BCUT2D eigenvalue weighted by atomic mass is 16.5. The first-order valence-corrected chi connectivity index (χ1v) is 7.18. The number of benzene rings is 1. The Hall–Kier alpha value is -2.07. The molecule has 0 spiro atoms. The number of nitrogens with zero attached hydrogens (tertiary/aromatic N) is 1. The zero-order valence-corrected chi connectivity index (χ0v) is 12.8. The molecule has 0 saturated carbocycles. The standard InChI is InChI=1S/C17H22N2O2/c1-4-18-13(2)15-7-10-17(19-11-15)21-12-14-5-8-16(20-3)9-6-14/h5-11,13,18H,4,12H2,1-3H3. The summed E-state index contributed by atoms with van der Waals surface area (Å²) in [6.07, 6.45) is 1.86. The lowest BCUT2D eigenvalue weighted by molar-refractivity contribution is 0.293. The van der Waals surface area contributed by atoms with Gasteiger partial charge in [0.25, 0.3) is 0 Å². The summed E-state index contributed by atoms with van der Waals surface area (Å²) in [6, 6.07) is 12.1. The Morgan fingerprint density at radius 1 is 1.14 bits per heavy atom. The molecule has 4 heteroatoms. The number of hydrogen-bond acceptors (Lipinski definition) is 4. The molecule has 0 aliphatic rings. The smallest absolute Gasteiger partial charge is 0.213 e. The summed E-state index contributed by atoms with van der Waals surface area (Å²) in [5.41, 5.74) is 2.25. The second kappa shape index (κ2) is 7.64. The number of nitrogens with one attached hydrogen (secondary N) is 1. The van der Waals surface area contributed by atoms with Crippen LogP contribution in [-0.4, -0.2) is 18.6 Å². The average Bonchev–Trinajstić information content (AvgIpc) is 2.54. The van der Waals surface area contributed by atoms with Gasteiger partial charge >= 0.3 is 0 Å². The Bertz CT molecular complexity index is 538. The number of rotatable bonds is 7. The van der Waals surface area contributed by atoms with Crippen LogP contribution in [0.2, 0.25) is 0 Å².